The number of thiocarbonyl (C=S) groups is 1. The highest BCUT2D eigenvalue weighted by Gasteiger charge is 2.32. The standard InChI is InChI=1S/C28H33FN4O2S2/c1-4-6-8-9-15-33-27(35)24(37-28(33)36)16-22-19(3)23(17-30)26(34)32(14-7-5-2)25(22)31-18-20-10-12-21(29)13-11-20/h10-13,16,31H,4-9,14-15,18H2,1-3H3/b24-16+. The second kappa shape index (κ2) is 13.5. The van der Waals surface area contributed by atoms with Gasteiger partial charge >= 0.3 is 0 Å². The van der Waals surface area contributed by atoms with Crippen molar-refractivity contribution >= 4 is 46.1 Å². The van der Waals surface area contributed by atoms with Gasteiger partial charge in [-0.3, -0.25) is 19.1 Å². The van der Waals surface area contributed by atoms with E-state index < -0.39 is 0 Å². The van der Waals surface area contributed by atoms with Crippen molar-refractivity contribution in [2.75, 3.05) is 11.9 Å². The summed E-state index contributed by atoms with van der Waals surface area (Å²) in [5, 5.41) is 13.1. The lowest BCUT2D eigenvalue weighted by Crippen LogP contribution is -2.29. The summed E-state index contributed by atoms with van der Waals surface area (Å²) in [6, 6.07) is 8.19. The van der Waals surface area contributed by atoms with Crippen molar-refractivity contribution in [3.05, 3.63) is 67.6 Å². The zero-order chi connectivity index (χ0) is 26.9. The van der Waals surface area contributed by atoms with Crippen LogP contribution in [0.1, 0.15) is 74.6 Å². The van der Waals surface area contributed by atoms with E-state index in [9.17, 15) is 19.2 Å². The fourth-order valence-electron chi connectivity index (χ4n) is 4.19. The summed E-state index contributed by atoms with van der Waals surface area (Å²) in [4.78, 5) is 28.6. The van der Waals surface area contributed by atoms with Crippen molar-refractivity contribution in [1.82, 2.24) is 9.47 Å². The molecule has 37 heavy (non-hydrogen) atoms. The third-order valence-electron chi connectivity index (χ3n) is 6.37. The maximum absolute atomic E-state index is 13.4. The summed E-state index contributed by atoms with van der Waals surface area (Å²) in [6.45, 7) is 7.25. The van der Waals surface area contributed by atoms with E-state index >= 15 is 0 Å². The first-order valence-corrected chi connectivity index (χ1v) is 14.0. The molecule has 2 aromatic rings. The van der Waals surface area contributed by atoms with E-state index in [1.165, 1.54) is 23.9 Å². The van der Waals surface area contributed by atoms with Crippen molar-refractivity contribution < 1.29 is 9.18 Å². The van der Waals surface area contributed by atoms with Crippen LogP contribution in [0.3, 0.4) is 0 Å². The molecule has 9 heteroatoms. The van der Waals surface area contributed by atoms with Gasteiger partial charge in [0, 0.05) is 25.2 Å². The monoisotopic (exact) mass is 540 g/mol. The maximum atomic E-state index is 13.4. The van der Waals surface area contributed by atoms with Crippen LogP contribution in [0.15, 0.2) is 34.0 Å². The minimum absolute atomic E-state index is 0.0599. The number of carbonyl (C=O) groups excluding carboxylic acids is 1. The summed E-state index contributed by atoms with van der Waals surface area (Å²) in [7, 11) is 0. The van der Waals surface area contributed by atoms with Crippen LogP contribution in [0.2, 0.25) is 0 Å². The van der Waals surface area contributed by atoms with E-state index in [2.05, 4.69) is 18.3 Å². The van der Waals surface area contributed by atoms with Gasteiger partial charge in [-0.15, -0.1) is 0 Å². The van der Waals surface area contributed by atoms with Gasteiger partial charge in [-0.1, -0.05) is 75.6 Å². The van der Waals surface area contributed by atoms with Crippen LogP contribution >= 0.6 is 24.0 Å². The van der Waals surface area contributed by atoms with Gasteiger partial charge in [-0.2, -0.15) is 5.26 Å². The quantitative estimate of drug-likeness (QED) is 0.192. The van der Waals surface area contributed by atoms with Gasteiger partial charge in [0.05, 0.1) is 4.91 Å². The number of benzene rings is 1. The number of carbonyl (C=O) groups is 1. The molecule has 0 aliphatic carbocycles. The number of halogens is 1. The Balaban J connectivity index is 2.05. The summed E-state index contributed by atoms with van der Waals surface area (Å²) in [5.74, 6) is 0.0583. The van der Waals surface area contributed by atoms with Crippen LogP contribution in [0, 0.1) is 24.1 Å². The molecular formula is C28H33FN4O2S2. The molecule has 1 N–H and O–H groups in total. The first kappa shape index (κ1) is 28.6. The lowest BCUT2D eigenvalue weighted by Gasteiger charge is -2.20. The number of aromatic nitrogens is 1. The van der Waals surface area contributed by atoms with Crippen LogP contribution < -0.4 is 10.9 Å². The summed E-state index contributed by atoms with van der Waals surface area (Å²) >= 11 is 6.75. The van der Waals surface area contributed by atoms with Crippen LogP contribution in [0.4, 0.5) is 10.2 Å². The molecule has 1 fully saturated rings. The minimum atomic E-state index is -0.365. The zero-order valence-corrected chi connectivity index (χ0v) is 23.2. The normalized spacial score (nSPS) is 14.5. The fourth-order valence-corrected chi connectivity index (χ4v) is 5.48. The van der Waals surface area contributed by atoms with Crippen LogP contribution in [-0.2, 0) is 17.9 Å². The lowest BCUT2D eigenvalue weighted by molar-refractivity contribution is -0.122. The largest absolute Gasteiger partial charge is 0.367 e. The maximum Gasteiger partial charge on any atom is 0.270 e. The number of pyridine rings is 1. The van der Waals surface area contributed by atoms with Gasteiger partial charge in [0.1, 0.15) is 27.6 Å². The molecule has 1 aliphatic heterocycles. The number of nitrogens with zero attached hydrogens (tertiary/aromatic N) is 3. The van der Waals surface area contributed by atoms with Gasteiger partial charge < -0.3 is 5.32 Å². The first-order valence-electron chi connectivity index (χ1n) is 12.7. The molecule has 6 nitrogen and oxygen atoms in total. The van der Waals surface area contributed by atoms with Crippen molar-refractivity contribution in [2.45, 2.75) is 72.4 Å². The molecule has 0 radical (unpaired) electrons. The van der Waals surface area contributed by atoms with Gasteiger partial charge in [0.25, 0.3) is 11.5 Å². The number of hydrogen-bond acceptors (Lipinski definition) is 6. The number of hydrogen-bond donors (Lipinski definition) is 1. The van der Waals surface area contributed by atoms with Crippen molar-refractivity contribution in [3.8, 4) is 6.07 Å². The highest BCUT2D eigenvalue weighted by atomic mass is 32.2. The Bertz CT molecular complexity index is 1280. The van der Waals surface area contributed by atoms with Crippen molar-refractivity contribution in [1.29, 1.82) is 5.26 Å². The van der Waals surface area contributed by atoms with Gasteiger partial charge in [-0.25, -0.2) is 4.39 Å². The third kappa shape index (κ3) is 6.88. The molecule has 1 amide bonds. The number of amides is 1. The Labute approximate surface area is 227 Å². The molecule has 2 heterocycles. The number of rotatable bonds is 12. The summed E-state index contributed by atoms with van der Waals surface area (Å²) < 4.78 is 15.5. The number of thioether (sulfide) groups is 1. The molecule has 1 aromatic carbocycles. The van der Waals surface area contributed by atoms with E-state index in [0.717, 1.165) is 44.1 Å². The van der Waals surface area contributed by atoms with E-state index in [0.29, 0.717) is 45.8 Å². The Kier molecular flexibility index (Phi) is 10.5. The predicted molar refractivity (Wildman–Crippen MR) is 153 cm³/mol. The van der Waals surface area contributed by atoms with Gasteiger partial charge in [-0.05, 0) is 49.1 Å². The average molecular weight is 541 g/mol. The molecule has 3 rings (SSSR count). The minimum Gasteiger partial charge on any atom is -0.367 e. The molecule has 1 aliphatic rings. The van der Waals surface area contributed by atoms with E-state index in [4.69, 9.17) is 12.2 Å². The third-order valence-corrected chi connectivity index (χ3v) is 7.75. The Morgan fingerprint density at radius 3 is 2.43 bits per heavy atom. The SMILES string of the molecule is CCCCCCN1C(=O)/C(=C\c2c(C)c(C#N)c(=O)n(CCCC)c2NCc2ccc(F)cc2)SC1=S. The number of nitriles is 1. The van der Waals surface area contributed by atoms with E-state index in [1.54, 1.807) is 34.6 Å². The van der Waals surface area contributed by atoms with Gasteiger partial charge in [0.15, 0.2) is 0 Å². The molecule has 0 saturated carbocycles. The second-order valence-electron chi connectivity index (χ2n) is 9.06. The smallest absolute Gasteiger partial charge is 0.270 e. The molecular weight excluding hydrogens is 507 g/mol. The van der Waals surface area contributed by atoms with Crippen LogP contribution in [0.5, 0.6) is 0 Å². The number of anilines is 1. The Hall–Kier alpha value is -2.96. The Morgan fingerprint density at radius 1 is 1.08 bits per heavy atom. The summed E-state index contributed by atoms with van der Waals surface area (Å²) in [5.41, 5.74) is 1.65. The van der Waals surface area contributed by atoms with Crippen molar-refractivity contribution in [3.63, 3.8) is 0 Å². The second-order valence-corrected chi connectivity index (χ2v) is 10.7. The van der Waals surface area contributed by atoms with E-state index in [1.807, 2.05) is 6.92 Å². The predicted octanol–water partition coefficient (Wildman–Crippen LogP) is 6.36. The summed E-state index contributed by atoms with van der Waals surface area (Å²) in [6.07, 6.45) is 7.51. The molecule has 0 spiro atoms. The average Bonchev–Trinajstić information content (AvgIpc) is 3.15. The van der Waals surface area contributed by atoms with E-state index in [-0.39, 0.29) is 22.8 Å². The van der Waals surface area contributed by atoms with Gasteiger partial charge in [0.2, 0.25) is 0 Å². The molecule has 1 aromatic heterocycles. The molecule has 196 valence electrons. The highest BCUT2D eigenvalue weighted by Crippen LogP contribution is 2.35. The zero-order valence-electron chi connectivity index (χ0n) is 21.6. The fraction of sp³-hybridized carbons (Fsp3) is 0.429. The topological polar surface area (TPSA) is 78.1 Å². The molecule has 1 saturated heterocycles. The molecule has 0 bridgehead atoms. The highest BCUT2D eigenvalue weighted by molar-refractivity contribution is 8.26. The van der Waals surface area contributed by atoms with Crippen molar-refractivity contribution in [2.24, 2.45) is 0 Å². The first-order chi connectivity index (χ1) is 17.8. The van der Waals surface area contributed by atoms with Crippen LogP contribution in [0.25, 0.3) is 6.08 Å². The molecule has 0 unspecified atom stereocenters. The van der Waals surface area contributed by atoms with Crippen LogP contribution in [-0.4, -0.2) is 26.2 Å². The molecule has 0 atom stereocenters. The number of nitrogens with one attached hydrogen (secondary N) is 1. The number of unbranched alkanes of at least 4 members (excludes halogenated alkanes) is 4. The lowest BCUT2D eigenvalue weighted by atomic mass is 10.0. The Morgan fingerprint density at radius 2 is 1.78 bits per heavy atom.